The van der Waals surface area contributed by atoms with Crippen molar-refractivity contribution < 1.29 is 14.6 Å². The van der Waals surface area contributed by atoms with Crippen molar-refractivity contribution >= 4 is 0 Å². The molecule has 0 amide bonds. The van der Waals surface area contributed by atoms with E-state index in [1.807, 2.05) is 13.8 Å². The molecule has 0 radical (unpaired) electrons. The first-order valence-corrected chi connectivity index (χ1v) is 5.91. The Morgan fingerprint density at radius 2 is 1.94 bits per heavy atom. The van der Waals surface area contributed by atoms with Crippen LogP contribution in [0.1, 0.15) is 32.3 Å². The molecule has 0 fully saturated rings. The van der Waals surface area contributed by atoms with Crippen LogP contribution >= 0.6 is 0 Å². The van der Waals surface area contributed by atoms with E-state index >= 15 is 0 Å². The first-order chi connectivity index (χ1) is 8.00. The van der Waals surface area contributed by atoms with E-state index in [1.54, 1.807) is 0 Å². The molecule has 1 rings (SSSR count). The van der Waals surface area contributed by atoms with Gasteiger partial charge in [0.2, 0.25) is 0 Å². The summed E-state index contributed by atoms with van der Waals surface area (Å²) in [4.78, 5) is 0. The highest BCUT2D eigenvalue weighted by Gasteiger charge is 2.21. The normalized spacial score (nSPS) is 11.8. The Kier molecular flexibility index (Phi) is 4.90. The monoisotopic (exact) mass is 241 g/mol. The second-order valence-corrected chi connectivity index (χ2v) is 4.31. The van der Waals surface area contributed by atoms with Gasteiger partial charge in [-0.2, -0.15) is 0 Å². The smallest absolute Gasteiger partial charge is 0.123 e. The number of rotatable bonds is 6. The Bertz CT molecular complexity index is 364. The van der Waals surface area contributed by atoms with Crippen molar-refractivity contribution in [1.29, 1.82) is 0 Å². The first-order valence-electron chi connectivity index (χ1n) is 5.91. The second-order valence-electron chi connectivity index (χ2n) is 4.31. The van der Waals surface area contributed by atoms with E-state index in [4.69, 9.17) is 0 Å². The molecule has 1 aromatic carbocycles. The fourth-order valence-electron chi connectivity index (χ4n) is 1.63. The first kappa shape index (κ1) is 13.9. The second kappa shape index (κ2) is 5.98. The van der Waals surface area contributed by atoms with E-state index in [0.717, 1.165) is 0 Å². The summed E-state index contributed by atoms with van der Waals surface area (Å²) in [6, 6.07) is 3.84. The highest BCUT2D eigenvalue weighted by molar-refractivity contribution is 5.32. The fourth-order valence-corrected chi connectivity index (χ4v) is 1.63. The Morgan fingerprint density at radius 3 is 2.53 bits per heavy atom. The van der Waals surface area contributed by atoms with Crippen LogP contribution in [0.4, 0.5) is 4.39 Å². The van der Waals surface area contributed by atoms with Crippen molar-refractivity contribution in [2.75, 3.05) is 6.54 Å². The van der Waals surface area contributed by atoms with Crippen molar-refractivity contribution in [2.24, 2.45) is 0 Å². The Labute approximate surface area is 101 Å². The van der Waals surface area contributed by atoms with Crippen LogP contribution < -0.4 is 5.32 Å². The molecule has 3 N–H and O–H groups in total. The molecule has 3 nitrogen and oxygen atoms in total. The predicted octanol–water partition coefficient (Wildman–Crippen LogP) is 2.17. The third kappa shape index (κ3) is 3.98. The van der Waals surface area contributed by atoms with Crippen LogP contribution in [0, 0.1) is 5.82 Å². The largest absolute Gasteiger partial charge is 0.508 e. The minimum Gasteiger partial charge on any atom is -0.508 e. The average Bonchev–Trinajstić information content (AvgIpc) is 2.33. The summed E-state index contributed by atoms with van der Waals surface area (Å²) in [5.74, 6) is -0.309. The molecule has 0 aliphatic rings. The Hall–Kier alpha value is -1.13. The van der Waals surface area contributed by atoms with Crippen molar-refractivity contribution in [3.63, 3.8) is 0 Å². The van der Waals surface area contributed by atoms with Gasteiger partial charge in [0.05, 0.1) is 5.60 Å². The van der Waals surface area contributed by atoms with E-state index < -0.39 is 5.60 Å². The topological polar surface area (TPSA) is 52.5 Å². The van der Waals surface area contributed by atoms with Gasteiger partial charge in [-0.25, -0.2) is 4.39 Å². The van der Waals surface area contributed by atoms with Crippen LogP contribution in [-0.4, -0.2) is 22.4 Å². The summed E-state index contributed by atoms with van der Waals surface area (Å²) in [6.07, 6.45) is 1.32. The van der Waals surface area contributed by atoms with E-state index in [0.29, 0.717) is 31.5 Å². The summed E-state index contributed by atoms with van der Waals surface area (Å²) in [5.41, 5.74) is -0.234. The van der Waals surface area contributed by atoms with Crippen LogP contribution in [0.15, 0.2) is 18.2 Å². The molecular formula is C13H20FNO2. The number of aromatic hydroxyl groups is 1. The zero-order valence-electron chi connectivity index (χ0n) is 10.3. The molecule has 0 bridgehead atoms. The van der Waals surface area contributed by atoms with Crippen molar-refractivity contribution in [3.8, 4) is 5.75 Å². The number of nitrogens with one attached hydrogen (secondary N) is 1. The van der Waals surface area contributed by atoms with Crippen molar-refractivity contribution in [2.45, 2.75) is 38.8 Å². The Morgan fingerprint density at radius 1 is 1.29 bits per heavy atom. The van der Waals surface area contributed by atoms with Gasteiger partial charge in [0.1, 0.15) is 11.6 Å². The molecule has 17 heavy (non-hydrogen) atoms. The molecule has 4 heteroatoms. The molecule has 1 aromatic rings. The molecule has 0 saturated heterocycles. The lowest BCUT2D eigenvalue weighted by molar-refractivity contribution is 0.0322. The summed E-state index contributed by atoms with van der Waals surface area (Å²) in [7, 11) is 0. The van der Waals surface area contributed by atoms with E-state index in [-0.39, 0.29) is 11.6 Å². The number of hydrogen-bond donors (Lipinski definition) is 3. The number of benzene rings is 1. The van der Waals surface area contributed by atoms with Crippen molar-refractivity contribution in [1.82, 2.24) is 5.32 Å². The lowest BCUT2D eigenvalue weighted by atomic mass is 9.97. The zero-order valence-corrected chi connectivity index (χ0v) is 10.3. The lowest BCUT2D eigenvalue weighted by Crippen LogP contribution is -2.39. The van der Waals surface area contributed by atoms with E-state index in [9.17, 15) is 14.6 Å². The van der Waals surface area contributed by atoms with Gasteiger partial charge in [0.15, 0.2) is 0 Å². The van der Waals surface area contributed by atoms with Crippen molar-refractivity contribution in [3.05, 3.63) is 29.6 Å². The molecule has 0 heterocycles. The third-order valence-electron chi connectivity index (χ3n) is 3.13. The highest BCUT2D eigenvalue weighted by Crippen LogP contribution is 2.18. The molecule has 0 spiro atoms. The quantitative estimate of drug-likeness (QED) is 0.715. The fraction of sp³-hybridized carbons (Fsp3) is 0.538. The molecule has 0 aromatic heterocycles. The van der Waals surface area contributed by atoms with Gasteiger partial charge in [-0.1, -0.05) is 13.8 Å². The molecular weight excluding hydrogens is 221 g/mol. The number of halogens is 1. The summed E-state index contributed by atoms with van der Waals surface area (Å²) in [5, 5.41) is 22.6. The van der Waals surface area contributed by atoms with Gasteiger partial charge >= 0.3 is 0 Å². The van der Waals surface area contributed by atoms with Crippen LogP contribution in [0.25, 0.3) is 0 Å². The minimum absolute atomic E-state index is 0.0652. The maximum Gasteiger partial charge on any atom is 0.123 e. The molecule has 0 aliphatic heterocycles. The zero-order chi connectivity index (χ0) is 12.9. The standard InChI is InChI=1S/C13H20FNO2/c1-3-13(17,4-2)9-15-8-10-7-11(14)5-6-12(10)16/h5-7,15-17H,3-4,8-9H2,1-2H3. The van der Waals surface area contributed by atoms with Crippen LogP contribution in [0.2, 0.25) is 0 Å². The Balaban J connectivity index is 2.53. The third-order valence-corrected chi connectivity index (χ3v) is 3.13. The van der Waals surface area contributed by atoms with Gasteiger partial charge in [0.25, 0.3) is 0 Å². The number of aliphatic hydroxyl groups is 1. The maximum atomic E-state index is 13.0. The SMILES string of the molecule is CCC(O)(CC)CNCc1cc(F)ccc1O. The van der Waals surface area contributed by atoms with Gasteiger partial charge in [-0.15, -0.1) is 0 Å². The summed E-state index contributed by atoms with van der Waals surface area (Å²) < 4.78 is 13.0. The predicted molar refractivity (Wildman–Crippen MR) is 65.3 cm³/mol. The molecule has 0 saturated carbocycles. The average molecular weight is 241 g/mol. The molecule has 0 aliphatic carbocycles. The van der Waals surface area contributed by atoms with Gasteiger partial charge in [-0.3, -0.25) is 0 Å². The molecule has 0 atom stereocenters. The summed E-state index contributed by atoms with van der Waals surface area (Å²) in [6.45, 7) is 4.61. The van der Waals surface area contributed by atoms with Gasteiger partial charge in [0, 0.05) is 18.7 Å². The van der Waals surface area contributed by atoms with Gasteiger partial charge < -0.3 is 15.5 Å². The van der Waals surface area contributed by atoms with E-state index in [2.05, 4.69) is 5.32 Å². The molecule has 96 valence electrons. The van der Waals surface area contributed by atoms with Crippen LogP contribution in [-0.2, 0) is 6.54 Å². The van der Waals surface area contributed by atoms with Gasteiger partial charge in [-0.05, 0) is 31.0 Å². The maximum absolute atomic E-state index is 13.0. The number of hydrogen-bond acceptors (Lipinski definition) is 3. The van der Waals surface area contributed by atoms with Crippen LogP contribution in [0.3, 0.4) is 0 Å². The number of phenolic OH excluding ortho intramolecular Hbond substituents is 1. The minimum atomic E-state index is -0.733. The highest BCUT2D eigenvalue weighted by atomic mass is 19.1. The lowest BCUT2D eigenvalue weighted by Gasteiger charge is -2.25. The van der Waals surface area contributed by atoms with Crippen LogP contribution in [0.5, 0.6) is 5.75 Å². The molecule has 0 unspecified atom stereocenters. The number of phenols is 1. The van der Waals surface area contributed by atoms with E-state index in [1.165, 1.54) is 18.2 Å². The summed E-state index contributed by atoms with van der Waals surface area (Å²) >= 11 is 0.